The van der Waals surface area contributed by atoms with Crippen LogP contribution in [0.25, 0.3) is 0 Å². The molecule has 0 saturated carbocycles. The van der Waals surface area contributed by atoms with Crippen molar-refractivity contribution in [2.75, 3.05) is 32.0 Å². The van der Waals surface area contributed by atoms with Crippen molar-refractivity contribution in [2.24, 2.45) is 5.41 Å². The Morgan fingerprint density at radius 1 is 1.14 bits per heavy atom. The zero-order valence-electron chi connectivity index (χ0n) is 13.2. The Balaban J connectivity index is 1.74. The maximum absolute atomic E-state index is 6.19. The normalized spacial score (nSPS) is 20.7. The molecule has 1 aromatic carbocycles. The zero-order valence-corrected chi connectivity index (χ0v) is 13.2. The molecular weight excluding hydrogens is 264 g/mol. The van der Waals surface area contributed by atoms with E-state index in [1.165, 1.54) is 25.8 Å². The highest BCUT2D eigenvalue weighted by molar-refractivity contribution is 5.58. The van der Waals surface area contributed by atoms with Crippen LogP contribution in [-0.4, -0.2) is 31.2 Å². The molecule has 1 aromatic rings. The third kappa shape index (κ3) is 2.82. The van der Waals surface area contributed by atoms with E-state index in [1.807, 2.05) is 6.07 Å². The van der Waals surface area contributed by atoms with Crippen LogP contribution in [0.1, 0.15) is 38.7 Å². The number of nitrogens with two attached hydrogens (primary N) is 1. The second-order valence-corrected chi connectivity index (χ2v) is 6.36. The molecule has 2 aliphatic rings. The van der Waals surface area contributed by atoms with Crippen molar-refractivity contribution < 1.29 is 9.47 Å². The van der Waals surface area contributed by atoms with Crippen molar-refractivity contribution in [2.45, 2.75) is 39.7 Å². The Labute approximate surface area is 127 Å². The minimum atomic E-state index is 0.503. The highest BCUT2D eigenvalue weighted by Gasteiger charge is 2.34. The predicted octanol–water partition coefficient (Wildman–Crippen LogP) is 3.05. The van der Waals surface area contributed by atoms with Crippen LogP contribution >= 0.6 is 0 Å². The maximum Gasteiger partial charge on any atom is 0.163 e. The topological polar surface area (TPSA) is 47.7 Å². The van der Waals surface area contributed by atoms with Gasteiger partial charge in [0.2, 0.25) is 0 Å². The minimum absolute atomic E-state index is 0.503. The average Bonchev–Trinajstić information content (AvgIpc) is 2.92. The van der Waals surface area contributed by atoms with Crippen molar-refractivity contribution in [3.63, 3.8) is 0 Å². The molecule has 0 aliphatic carbocycles. The van der Waals surface area contributed by atoms with Crippen molar-refractivity contribution in [3.05, 3.63) is 17.7 Å². The van der Waals surface area contributed by atoms with E-state index in [0.29, 0.717) is 18.6 Å². The molecule has 0 radical (unpaired) electrons. The lowest BCUT2D eigenvalue weighted by Crippen LogP contribution is -2.26. The smallest absolute Gasteiger partial charge is 0.163 e. The minimum Gasteiger partial charge on any atom is -0.486 e. The first-order chi connectivity index (χ1) is 10.2. The standard InChI is InChI=1S/C17H26N2O2/c1-3-17(4-2)5-6-19(12-17)11-13-9-15-16(10-14(13)18)21-8-7-20-15/h9-10H,3-8,11-12,18H2,1-2H3. The summed E-state index contributed by atoms with van der Waals surface area (Å²) in [5.41, 5.74) is 8.66. The number of fused-ring (bicyclic) bond motifs is 1. The Kier molecular flexibility index (Phi) is 3.98. The third-order valence-corrected chi connectivity index (χ3v) is 5.22. The van der Waals surface area contributed by atoms with Gasteiger partial charge in [-0.3, -0.25) is 4.90 Å². The Morgan fingerprint density at radius 3 is 2.43 bits per heavy atom. The summed E-state index contributed by atoms with van der Waals surface area (Å²) in [5.74, 6) is 1.61. The third-order valence-electron chi connectivity index (χ3n) is 5.22. The lowest BCUT2D eigenvalue weighted by molar-refractivity contribution is 0.171. The van der Waals surface area contributed by atoms with Gasteiger partial charge in [0, 0.05) is 24.8 Å². The fourth-order valence-electron chi connectivity index (χ4n) is 3.51. The highest BCUT2D eigenvalue weighted by Crippen LogP contribution is 2.39. The van der Waals surface area contributed by atoms with E-state index in [4.69, 9.17) is 15.2 Å². The summed E-state index contributed by atoms with van der Waals surface area (Å²) in [6.07, 6.45) is 3.82. The zero-order chi connectivity index (χ0) is 14.9. The molecule has 0 amide bonds. The van der Waals surface area contributed by atoms with E-state index >= 15 is 0 Å². The number of nitrogen functional groups attached to an aromatic ring is 1. The van der Waals surface area contributed by atoms with Gasteiger partial charge in [0.25, 0.3) is 0 Å². The van der Waals surface area contributed by atoms with Crippen LogP contribution in [0.15, 0.2) is 12.1 Å². The summed E-state index contributed by atoms with van der Waals surface area (Å²) in [4.78, 5) is 2.52. The van der Waals surface area contributed by atoms with Crippen LogP contribution in [0, 0.1) is 5.41 Å². The fraction of sp³-hybridized carbons (Fsp3) is 0.647. The SMILES string of the molecule is CCC1(CC)CCN(Cc2cc3c(cc2N)OCCO3)C1. The number of ether oxygens (including phenoxy) is 2. The van der Waals surface area contributed by atoms with E-state index in [0.717, 1.165) is 35.8 Å². The molecule has 2 aliphatic heterocycles. The molecule has 1 fully saturated rings. The summed E-state index contributed by atoms with van der Waals surface area (Å²) in [7, 11) is 0. The van der Waals surface area contributed by atoms with Crippen LogP contribution in [-0.2, 0) is 6.54 Å². The number of benzene rings is 1. The molecule has 0 unspecified atom stereocenters. The Hall–Kier alpha value is -1.42. The average molecular weight is 290 g/mol. The van der Waals surface area contributed by atoms with E-state index in [2.05, 4.69) is 24.8 Å². The lowest BCUT2D eigenvalue weighted by atomic mass is 9.82. The Morgan fingerprint density at radius 2 is 1.81 bits per heavy atom. The van der Waals surface area contributed by atoms with E-state index in [-0.39, 0.29) is 0 Å². The van der Waals surface area contributed by atoms with E-state index in [9.17, 15) is 0 Å². The maximum atomic E-state index is 6.19. The van der Waals surface area contributed by atoms with Gasteiger partial charge < -0.3 is 15.2 Å². The molecule has 0 atom stereocenters. The van der Waals surface area contributed by atoms with Gasteiger partial charge in [-0.2, -0.15) is 0 Å². The molecule has 4 nitrogen and oxygen atoms in total. The largest absolute Gasteiger partial charge is 0.486 e. The van der Waals surface area contributed by atoms with Gasteiger partial charge in [0.05, 0.1) is 0 Å². The number of anilines is 1. The fourth-order valence-corrected chi connectivity index (χ4v) is 3.51. The van der Waals surface area contributed by atoms with E-state index < -0.39 is 0 Å². The van der Waals surface area contributed by atoms with E-state index in [1.54, 1.807) is 0 Å². The second kappa shape index (κ2) is 5.76. The molecule has 0 aromatic heterocycles. The summed E-state index contributed by atoms with van der Waals surface area (Å²) in [6, 6.07) is 3.97. The molecule has 116 valence electrons. The van der Waals surface area contributed by atoms with Crippen molar-refractivity contribution in [3.8, 4) is 11.5 Å². The molecular formula is C17H26N2O2. The first kappa shape index (κ1) is 14.5. The van der Waals surface area contributed by atoms with Crippen LogP contribution in [0.5, 0.6) is 11.5 Å². The molecule has 2 N–H and O–H groups in total. The van der Waals surface area contributed by atoms with Gasteiger partial charge in [-0.05, 0) is 42.9 Å². The number of nitrogens with zero attached hydrogens (tertiary/aromatic N) is 1. The lowest BCUT2D eigenvalue weighted by Gasteiger charge is -2.27. The second-order valence-electron chi connectivity index (χ2n) is 6.36. The molecule has 0 spiro atoms. The van der Waals surface area contributed by atoms with Gasteiger partial charge in [0.1, 0.15) is 13.2 Å². The van der Waals surface area contributed by atoms with Gasteiger partial charge >= 0.3 is 0 Å². The predicted molar refractivity (Wildman–Crippen MR) is 84.8 cm³/mol. The molecule has 4 heteroatoms. The quantitative estimate of drug-likeness (QED) is 0.866. The molecule has 0 bridgehead atoms. The molecule has 3 rings (SSSR count). The summed E-state index contributed by atoms with van der Waals surface area (Å²) < 4.78 is 11.2. The summed E-state index contributed by atoms with van der Waals surface area (Å²) in [6.45, 7) is 9.09. The van der Waals surface area contributed by atoms with Gasteiger partial charge in [-0.15, -0.1) is 0 Å². The first-order valence-corrected chi connectivity index (χ1v) is 8.06. The molecule has 21 heavy (non-hydrogen) atoms. The number of hydrogen-bond donors (Lipinski definition) is 1. The Bertz CT molecular complexity index is 512. The number of likely N-dealkylation sites (tertiary alicyclic amines) is 1. The van der Waals surface area contributed by atoms with Crippen LogP contribution in [0.2, 0.25) is 0 Å². The first-order valence-electron chi connectivity index (χ1n) is 8.06. The van der Waals surface area contributed by atoms with Crippen molar-refractivity contribution in [1.82, 2.24) is 4.90 Å². The molecule has 1 saturated heterocycles. The van der Waals surface area contributed by atoms with Crippen LogP contribution in [0.3, 0.4) is 0 Å². The number of rotatable bonds is 4. The number of hydrogen-bond acceptors (Lipinski definition) is 4. The summed E-state index contributed by atoms with van der Waals surface area (Å²) >= 11 is 0. The summed E-state index contributed by atoms with van der Waals surface area (Å²) in [5, 5.41) is 0. The molecule has 2 heterocycles. The van der Waals surface area contributed by atoms with Gasteiger partial charge in [0.15, 0.2) is 11.5 Å². The highest BCUT2D eigenvalue weighted by atomic mass is 16.6. The van der Waals surface area contributed by atoms with Crippen LogP contribution < -0.4 is 15.2 Å². The van der Waals surface area contributed by atoms with Crippen LogP contribution in [0.4, 0.5) is 5.69 Å². The van der Waals surface area contributed by atoms with Crippen molar-refractivity contribution >= 4 is 5.69 Å². The monoisotopic (exact) mass is 290 g/mol. The van der Waals surface area contributed by atoms with Gasteiger partial charge in [-0.1, -0.05) is 13.8 Å². The van der Waals surface area contributed by atoms with Crippen molar-refractivity contribution in [1.29, 1.82) is 0 Å². The van der Waals surface area contributed by atoms with Gasteiger partial charge in [-0.25, -0.2) is 0 Å².